The topological polar surface area (TPSA) is 50.4 Å². The lowest BCUT2D eigenvalue weighted by atomic mass is 10.2. The molecule has 0 bridgehead atoms. The maximum absolute atomic E-state index is 11.8. The molecule has 0 aliphatic carbocycles. The van der Waals surface area contributed by atoms with E-state index in [0.29, 0.717) is 12.2 Å². The van der Waals surface area contributed by atoms with Crippen LogP contribution in [0.4, 0.5) is 10.5 Å². The third-order valence-electron chi connectivity index (χ3n) is 2.74. The van der Waals surface area contributed by atoms with Gasteiger partial charge in [-0.3, -0.25) is 0 Å². The molecule has 5 heteroatoms. The van der Waals surface area contributed by atoms with Crippen LogP contribution in [0.2, 0.25) is 0 Å². The maximum Gasteiger partial charge on any atom is 0.319 e. The van der Waals surface area contributed by atoms with Crippen LogP contribution in [-0.2, 0) is 6.54 Å². The number of methoxy groups -OCH3 is 1. The van der Waals surface area contributed by atoms with Gasteiger partial charge in [-0.05, 0) is 29.8 Å². The van der Waals surface area contributed by atoms with Gasteiger partial charge in [0, 0.05) is 11.4 Å². The predicted octanol–water partition coefficient (Wildman–Crippen LogP) is 3.31. The molecule has 2 aromatic carbocycles. The van der Waals surface area contributed by atoms with Gasteiger partial charge < -0.3 is 15.4 Å². The highest BCUT2D eigenvalue weighted by Gasteiger charge is 2.04. The molecule has 0 saturated heterocycles. The van der Waals surface area contributed by atoms with Crippen molar-refractivity contribution >= 4 is 24.3 Å². The molecular formula is C15H16N2O2S. The monoisotopic (exact) mass is 288 g/mol. The number of benzene rings is 2. The first-order valence-electron chi connectivity index (χ1n) is 6.15. The van der Waals surface area contributed by atoms with E-state index < -0.39 is 0 Å². The molecule has 2 aromatic rings. The van der Waals surface area contributed by atoms with E-state index >= 15 is 0 Å². The third-order valence-corrected chi connectivity index (χ3v) is 3.13. The van der Waals surface area contributed by atoms with Gasteiger partial charge in [-0.1, -0.05) is 24.3 Å². The number of para-hydroxylation sites is 1. The number of hydrogen-bond acceptors (Lipinski definition) is 3. The summed E-state index contributed by atoms with van der Waals surface area (Å²) in [5.41, 5.74) is 1.65. The van der Waals surface area contributed by atoms with Crippen LogP contribution in [0.5, 0.6) is 5.75 Å². The summed E-state index contributed by atoms with van der Waals surface area (Å²) in [6.45, 7) is 0.428. The van der Waals surface area contributed by atoms with Gasteiger partial charge in [0.1, 0.15) is 5.75 Å². The number of ether oxygens (including phenoxy) is 1. The number of anilines is 1. The third kappa shape index (κ3) is 3.93. The Bertz CT molecular complexity index is 602. The van der Waals surface area contributed by atoms with Gasteiger partial charge in [-0.15, -0.1) is 12.6 Å². The first-order valence-corrected chi connectivity index (χ1v) is 6.59. The zero-order valence-corrected chi connectivity index (χ0v) is 12.0. The SMILES string of the molecule is COc1cccc(CNC(=O)Nc2ccccc2S)c1. The fourth-order valence-corrected chi connectivity index (χ4v) is 1.93. The van der Waals surface area contributed by atoms with Crippen molar-refractivity contribution in [2.45, 2.75) is 11.4 Å². The van der Waals surface area contributed by atoms with Crippen molar-refractivity contribution < 1.29 is 9.53 Å². The minimum Gasteiger partial charge on any atom is -0.497 e. The van der Waals surface area contributed by atoms with E-state index in [1.807, 2.05) is 42.5 Å². The summed E-state index contributed by atoms with van der Waals surface area (Å²) in [6.07, 6.45) is 0. The molecule has 0 atom stereocenters. The fraction of sp³-hybridized carbons (Fsp3) is 0.133. The van der Waals surface area contributed by atoms with Crippen LogP contribution in [0, 0.1) is 0 Å². The first-order chi connectivity index (χ1) is 9.69. The molecule has 2 N–H and O–H groups in total. The van der Waals surface area contributed by atoms with E-state index in [-0.39, 0.29) is 6.03 Å². The Labute approximate surface area is 123 Å². The number of amides is 2. The summed E-state index contributed by atoms with van der Waals surface area (Å²) in [4.78, 5) is 12.5. The maximum atomic E-state index is 11.8. The Balaban J connectivity index is 1.90. The van der Waals surface area contributed by atoms with Crippen LogP contribution < -0.4 is 15.4 Å². The molecule has 0 saturated carbocycles. The first kappa shape index (κ1) is 14.3. The van der Waals surface area contributed by atoms with Gasteiger partial charge in [0.2, 0.25) is 0 Å². The second kappa shape index (κ2) is 6.86. The minimum atomic E-state index is -0.269. The summed E-state index contributed by atoms with van der Waals surface area (Å²) in [5.74, 6) is 0.769. The van der Waals surface area contributed by atoms with Crippen molar-refractivity contribution in [2.75, 3.05) is 12.4 Å². The van der Waals surface area contributed by atoms with Gasteiger partial charge in [0.05, 0.1) is 12.8 Å². The molecule has 0 fully saturated rings. The summed E-state index contributed by atoms with van der Waals surface area (Å²) >= 11 is 4.28. The Morgan fingerprint density at radius 2 is 2.00 bits per heavy atom. The lowest BCUT2D eigenvalue weighted by molar-refractivity contribution is 0.251. The lowest BCUT2D eigenvalue weighted by Gasteiger charge is -2.10. The van der Waals surface area contributed by atoms with E-state index in [1.165, 1.54) is 0 Å². The van der Waals surface area contributed by atoms with Crippen LogP contribution in [0.15, 0.2) is 53.4 Å². The number of thiol groups is 1. The summed E-state index contributed by atoms with van der Waals surface area (Å²) in [7, 11) is 1.61. The average Bonchev–Trinajstić information content (AvgIpc) is 2.48. The van der Waals surface area contributed by atoms with Crippen LogP contribution in [-0.4, -0.2) is 13.1 Å². The molecule has 0 aromatic heterocycles. The second-order valence-corrected chi connectivity index (χ2v) is 4.66. The quantitative estimate of drug-likeness (QED) is 0.756. The molecule has 2 amide bonds. The second-order valence-electron chi connectivity index (χ2n) is 4.18. The zero-order chi connectivity index (χ0) is 14.4. The lowest BCUT2D eigenvalue weighted by Crippen LogP contribution is -2.28. The molecule has 0 radical (unpaired) electrons. The molecule has 104 valence electrons. The van der Waals surface area contributed by atoms with Gasteiger partial charge in [0.25, 0.3) is 0 Å². The van der Waals surface area contributed by atoms with Crippen molar-refractivity contribution in [3.63, 3.8) is 0 Å². The van der Waals surface area contributed by atoms with Gasteiger partial charge in [-0.2, -0.15) is 0 Å². The molecule has 2 rings (SSSR count). The molecular weight excluding hydrogens is 272 g/mol. The van der Waals surface area contributed by atoms with Crippen LogP contribution in [0.1, 0.15) is 5.56 Å². The number of carbonyl (C=O) groups is 1. The fourth-order valence-electron chi connectivity index (χ4n) is 1.71. The van der Waals surface area contributed by atoms with E-state index in [4.69, 9.17) is 4.74 Å². The number of carbonyl (C=O) groups excluding carboxylic acids is 1. The summed E-state index contributed by atoms with van der Waals surface area (Å²) in [5, 5.41) is 5.54. The zero-order valence-electron chi connectivity index (χ0n) is 11.1. The van der Waals surface area contributed by atoms with E-state index in [1.54, 1.807) is 13.2 Å². The normalized spacial score (nSPS) is 9.90. The van der Waals surface area contributed by atoms with Gasteiger partial charge in [-0.25, -0.2) is 4.79 Å². The van der Waals surface area contributed by atoms with E-state index in [2.05, 4.69) is 23.3 Å². The molecule has 0 spiro atoms. The van der Waals surface area contributed by atoms with E-state index in [9.17, 15) is 4.79 Å². The molecule has 4 nitrogen and oxygen atoms in total. The van der Waals surface area contributed by atoms with Gasteiger partial charge in [0.15, 0.2) is 0 Å². The van der Waals surface area contributed by atoms with Crippen LogP contribution in [0.3, 0.4) is 0 Å². The van der Waals surface area contributed by atoms with Gasteiger partial charge >= 0.3 is 6.03 Å². The highest BCUT2D eigenvalue weighted by Crippen LogP contribution is 2.18. The summed E-state index contributed by atoms with van der Waals surface area (Å²) < 4.78 is 5.13. The molecule has 20 heavy (non-hydrogen) atoms. The number of hydrogen-bond donors (Lipinski definition) is 3. The highest BCUT2D eigenvalue weighted by atomic mass is 32.1. The smallest absolute Gasteiger partial charge is 0.319 e. The Hall–Kier alpha value is -2.14. The average molecular weight is 288 g/mol. The predicted molar refractivity (Wildman–Crippen MR) is 82.5 cm³/mol. The summed E-state index contributed by atoms with van der Waals surface area (Å²) in [6, 6.07) is 14.6. The number of nitrogens with one attached hydrogen (secondary N) is 2. The van der Waals surface area contributed by atoms with Crippen molar-refractivity contribution in [2.24, 2.45) is 0 Å². The van der Waals surface area contributed by atoms with Crippen LogP contribution >= 0.6 is 12.6 Å². The van der Waals surface area contributed by atoms with Crippen LogP contribution in [0.25, 0.3) is 0 Å². The Kier molecular flexibility index (Phi) is 4.90. The van der Waals surface area contributed by atoms with Crippen molar-refractivity contribution in [3.8, 4) is 5.75 Å². The number of rotatable bonds is 4. The minimum absolute atomic E-state index is 0.269. The Morgan fingerprint density at radius 1 is 1.20 bits per heavy atom. The standard InChI is InChI=1S/C15H16N2O2S/c1-19-12-6-4-5-11(9-12)10-16-15(18)17-13-7-2-3-8-14(13)20/h2-9,20H,10H2,1H3,(H2,16,17,18). The van der Waals surface area contributed by atoms with Crippen molar-refractivity contribution in [3.05, 3.63) is 54.1 Å². The molecule has 0 unspecified atom stereocenters. The molecule has 0 aliphatic rings. The van der Waals surface area contributed by atoms with Crippen molar-refractivity contribution in [1.29, 1.82) is 0 Å². The number of urea groups is 1. The molecule has 0 aliphatic heterocycles. The Morgan fingerprint density at radius 3 is 2.75 bits per heavy atom. The van der Waals surface area contributed by atoms with Crippen molar-refractivity contribution in [1.82, 2.24) is 5.32 Å². The highest BCUT2D eigenvalue weighted by molar-refractivity contribution is 7.80. The largest absolute Gasteiger partial charge is 0.497 e. The van der Waals surface area contributed by atoms with E-state index in [0.717, 1.165) is 16.2 Å². The molecule has 0 heterocycles.